The van der Waals surface area contributed by atoms with Crippen molar-refractivity contribution in [3.8, 4) is 0 Å². The maximum atomic E-state index is 14.9. The van der Waals surface area contributed by atoms with Gasteiger partial charge in [-0.15, -0.1) is 0 Å². The molecule has 1 heterocycles. The summed E-state index contributed by atoms with van der Waals surface area (Å²) in [6.45, 7) is 7.52. The van der Waals surface area contributed by atoms with Crippen molar-refractivity contribution in [2.24, 2.45) is 17.3 Å². The van der Waals surface area contributed by atoms with Gasteiger partial charge in [0.2, 0.25) is 0 Å². The van der Waals surface area contributed by atoms with E-state index in [9.17, 15) is 38.4 Å². The van der Waals surface area contributed by atoms with Crippen LogP contribution in [0, 0.1) is 17.3 Å². The summed E-state index contributed by atoms with van der Waals surface area (Å²) < 4.78 is 46.8. The van der Waals surface area contributed by atoms with Crippen molar-refractivity contribution < 1.29 is 76.3 Å². The Morgan fingerprint density at radius 3 is 1.70 bits per heavy atom. The maximum Gasteiger partial charge on any atom is 0.338 e. The van der Waals surface area contributed by atoms with Crippen LogP contribution in [-0.4, -0.2) is 103 Å². The molecule has 2 aliphatic carbocycles. The molecule has 1 aromatic rings. The first-order chi connectivity index (χ1) is 23.3. The average molecular weight is 705 g/mol. The van der Waals surface area contributed by atoms with Crippen LogP contribution in [0.15, 0.2) is 30.3 Å². The molecule has 3 aliphatic rings. The Kier molecular flexibility index (Phi) is 10.8. The van der Waals surface area contributed by atoms with Gasteiger partial charge in [0.1, 0.15) is 42.0 Å². The Balaban J connectivity index is 2.10. The van der Waals surface area contributed by atoms with Gasteiger partial charge >= 0.3 is 41.8 Å². The highest BCUT2D eigenvalue weighted by Crippen LogP contribution is 2.67. The lowest BCUT2D eigenvalue weighted by molar-refractivity contribution is -0.336. The number of fused-ring (bicyclic) bond motifs is 1. The Morgan fingerprint density at radius 2 is 1.18 bits per heavy atom. The van der Waals surface area contributed by atoms with Gasteiger partial charge in [0.15, 0.2) is 24.1 Å². The van der Waals surface area contributed by atoms with Gasteiger partial charge in [-0.05, 0) is 19.1 Å². The van der Waals surface area contributed by atoms with Crippen molar-refractivity contribution in [2.45, 2.75) is 97.1 Å². The van der Waals surface area contributed by atoms with E-state index in [1.807, 2.05) is 0 Å². The number of benzene rings is 1. The highest BCUT2D eigenvalue weighted by atomic mass is 16.7. The fraction of sp³-hybridized carbons (Fsp3) is 0.588. The normalized spacial score (nSPS) is 33.9. The van der Waals surface area contributed by atoms with E-state index in [0.717, 1.165) is 41.5 Å². The number of ether oxygens (including phenoxy) is 8. The smallest absolute Gasteiger partial charge is 0.338 e. The van der Waals surface area contributed by atoms with Crippen molar-refractivity contribution in [1.29, 1.82) is 0 Å². The first-order valence-electron chi connectivity index (χ1n) is 15.8. The molecule has 16 heteroatoms. The molecule has 10 atom stereocenters. The molecule has 0 aromatic heterocycles. The fourth-order valence-electron chi connectivity index (χ4n) is 7.82. The Labute approximate surface area is 287 Å². The number of carbonyl (C=O) groups excluding carboxylic acids is 8. The lowest BCUT2D eigenvalue weighted by Gasteiger charge is -2.63. The van der Waals surface area contributed by atoms with Crippen LogP contribution in [0.2, 0.25) is 0 Å². The minimum atomic E-state index is -2.36. The van der Waals surface area contributed by atoms with Gasteiger partial charge < -0.3 is 37.9 Å². The zero-order valence-corrected chi connectivity index (χ0v) is 28.9. The third-order valence-corrected chi connectivity index (χ3v) is 9.33. The molecule has 0 N–H and O–H groups in total. The van der Waals surface area contributed by atoms with E-state index in [0.29, 0.717) is 0 Å². The van der Waals surface area contributed by atoms with Crippen LogP contribution in [0.1, 0.15) is 65.7 Å². The molecule has 1 saturated heterocycles. The first kappa shape index (κ1) is 38.0. The molecule has 16 nitrogen and oxygen atoms in total. The van der Waals surface area contributed by atoms with Gasteiger partial charge in [0.05, 0.1) is 11.5 Å². The monoisotopic (exact) mass is 704 g/mol. The Bertz CT molecular complexity index is 1570. The number of carbonyl (C=O) groups is 8. The predicted octanol–water partition coefficient (Wildman–Crippen LogP) is 1.43. The van der Waals surface area contributed by atoms with Crippen LogP contribution in [-0.2, 0) is 71.5 Å². The van der Waals surface area contributed by atoms with Gasteiger partial charge in [-0.2, -0.15) is 0 Å². The number of hydrogen-bond donors (Lipinski definition) is 0. The number of hydrogen-bond acceptors (Lipinski definition) is 16. The lowest BCUT2D eigenvalue weighted by atomic mass is 9.46. The molecular formula is C34H40O16. The Morgan fingerprint density at radius 1 is 0.660 bits per heavy atom. The standard InChI is InChI=1S/C34H40O16/c1-16-26(45-18(3)36)27(46-19(4)37)30(49-22(7)40)33(15-43-17(2)35)29(48-21(6)39)25(41)24-28(47-20(5)38)34(16,33)50-32(24,8)14-44-31(42)23-12-10-9-11-13-23/h9-13,16,24,26-30H,14-15H2,1-8H3/t16-,24+,26?,27?,28?,29?,30?,32?,33+,34+/m0/s1. The van der Waals surface area contributed by atoms with Crippen molar-refractivity contribution in [2.75, 3.05) is 13.2 Å². The van der Waals surface area contributed by atoms with E-state index in [2.05, 4.69) is 0 Å². The summed E-state index contributed by atoms with van der Waals surface area (Å²) in [6.07, 6.45) is -8.84. The topological polar surface area (TPSA) is 210 Å². The molecule has 0 amide bonds. The summed E-state index contributed by atoms with van der Waals surface area (Å²) >= 11 is 0. The van der Waals surface area contributed by atoms with Gasteiger partial charge in [-0.1, -0.05) is 25.1 Å². The SMILES string of the molecule is CC(=O)OC[C@]12C(OC(C)=O)C(=O)[C@@H]3C(OC(C)=O)[C@]1(OC3(C)COC(=O)c1ccccc1)[C@@H](C)C(OC(C)=O)C(OC(C)=O)C2OC(C)=O. The van der Waals surface area contributed by atoms with Crippen LogP contribution < -0.4 is 0 Å². The van der Waals surface area contributed by atoms with E-state index in [4.69, 9.17) is 37.9 Å². The zero-order valence-electron chi connectivity index (χ0n) is 28.9. The van der Waals surface area contributed by atoms with Crippen LogP contribution in [0.3, 0.4) is 0 Å². The molecule has 2 saturated carbocycles. The minimum Gasteiger partial charge on any atom is -0.465 e. The molecule has 2 bridgehead atoms. The molecule has 1 aromatic carbocycles. The molecule has 0 radical (unpaired) electrons. The fourth-order valence-corrected chi connectivity index (χ4v) is 7.82. The number of rotatable bonds is 10. The predicted molar refractivity (Wildman–Crippen MR) is 163 cm³/mol. The van der Waals surface area contributed by atoms with E-state index in [1.165, 1.54) is 26.0 Å². The zero-order chi connectivity index (χ0) is 37.3. The van der Waals surface area contributed by atoms with Crippen LogP contribution in [0.5, 0.6) is 0 Å². The Hall–Kier alpha value is -4.86. The van der Waals surface area contributed by atoms with Gasteiger partial charge in [0, 0.05) is 47.5 Å². The third kappa shape index (κ3) is 6.55. The van der Waals surface area contributed by atoms with Crippen molar-refractivity contribution in [3.63, 3.8) is 0 Å². The largest absolute Gasteiger partial charge is 0.465 e. The highest BCUT2D eigenvalue weighted by molar-refractivity contribution is 5.93. The quantitative estimate of drug-likeness (QED) is 0.249. The molecule has 1 aliphatic heterocycles. The molecule has 272 valence electrons. The van der Waals surface area contributed by atoms with E-state index in [1.54, 1.807) is 18.2 Å². The van der Waals surface area contributed by atoms with Gasteiger partial charge in [-0.3, -0.25) is 33.6 Å². The summed E-state index contributed by atoms with van der Waals surface area (Å²) in [7, 11) is 0. The third-order valence-electron chi connectivity index (χ3n) is 9.33. The number of Topliss-reactive ketones (excluding diaryl/α,β-unsaturated/α-hetero) is 1. The maximum absolute atomic E-state index is 14.9. The second kappa shape index (κ2) is 14.2. The second-order valence-corrected chi connectivity index (χ2v) is 12.8. The number of ketones is 1. The summed E-state index contributed by atoms with van der Waals surface area (Å²) in [5.74, 6) is -10.2. The summed E-state index contributed by atoms with van der Waals surface area (Å²) in [5, 5.41) is 0. The van der Waals surface area contributed by atoms with Crippen molar-refractivity contribution >= 4 is 47.6 Å². The van der Waals surface area contributed by atoms with E-state index >= 15 is 0 Å². The van der Waals surface area contributed by atoms with Crippen LogP contribution in [0.4, 0.5) is 0 Å². The molecule has 3 fully saturated rings. The lowest BCUT2D eigenvalue weighted by Crippen LogP contribution is -2.83. The van der Waals surface area contributed by atoms with Crippen LogP contribution in [0.25, 0.3) is 0 Å². The summed E-state index contributed by atoms with van der Waals surface area (Å²) in [4.78, 5) is 104. The molecule has 4 rings (SSSR count). The van der Waals surface area contributed by atoms with Crippen LogP contribution >= 0.6 is 0 Å². The minimum absolute atomic E-state index is 0.167. The summed E-state index contributed by atoms with van der Waals surface area (Å²) in [5.41, 5.74) is -6.30. The number of esters is 7. The molecular weight excluding hydrogens is 664 g/mol. The van der Waals surface area contributed by atoms with Crippen molar-refractivity contribution in [1.82, 2.24) is 0 Å². The van der Waals surface area contributed by atoms with Crippen molar-refractivity contribution in [3.05, 3.63) is 35.9 Å². The van der Waals surface area contributed by atoms with E-state index < -0.39 is 120 Å². The molecule has 50 heavy (non-hydrogen) atoms. The first-order valence-corrected chi connectivity index (χ1v) is 15.8. The van der Waals surface area contributed by atoms with E-state index in [-0.39, 0.29) is 5.56 Å². The highest BCUT2D eigenvalue weighted by Gasteiger charge is 2.87. The average Bonchev–Trinajstić information content (AvgIpc) is 3.23. The molecule has 1 spiro atoms. The summed E-state index contributed by atoms with van der Waals surface area (Å²) in [6, 6.07) is 7.90. The van der Waals surface area contributed by atoms with Gasteiger partial charge in [-0.25, -0.2) is 4.79 Å². The second-order valence-electron chi connectivity index (χ2n) is 12.8. The van der Waals surface area contributed by atoms with Gasteiger partial charge in [0.25, 0.3) is 0 Å². The molecule has 6 unspecified atom stereocenters.